The minimum absolute atomic E-state index is 0.272. The van der Waals surface area contributed by atoms with Crippen LogP contribution in [-0.2, 0) is 8.44 Å². The topological polar surface area (TPSA) is 78.9 Å². The number of hydrogen-bond donors (Lipinski definition) is 0. The Morgan fingerprint density at radius 1 is 0.464 bits per heavy atom. The second-order valence-electron chi connectivity index (χ2n) is 5.46. The van der Waals surface area contributed by atoms with E-state index in [1.54, 1.807) is 91.0 Å². The van der Waals surface area contributed by atoms with E-state index in [4.69, 9.17) is 8.44 Å². The van der Waals surface area contributed by atoms with E-state index in [9.17, 15) is 14.4 Å². The fraction of sp³-hybridized carbons (Fsp3) is 0. The zero-order chi connectivity index (χ0) is 19.8. The summed E-state index contributed by atoms with van der Waals surface area (Å²) in [5.74, 6) is -2.12. The van der Waals surface area contributed by atoms with Crippen LogP contribution in [0.4, 0.5) is 0 Å². The quantitative estimate of drug-likeness (QED) is 0.421. The Balaban J connectivity index is 1.76. The van der Waals surface area contributed by atoms with Crippen molar-refractivity contribution in [3.63, 3.8) is 0 Å². The molecule has 28 heavy (non-hydrogen) atoms. The van der Waals surface area contributed by atoms with E-state index in [1.165, 1.54) is 0 Å². The molecular formula is C21H15BiO6. The molecule has 0 N–H and O–H groups in total. The SMILES string of the molecule is O=C([O][Bi]([O]C(=O)c1ccccc1)[O]C(=O)c1ccccc1)c1ccccc1. The average Bonchev–Trinajstić information content (AvgIpc) is 2.75. The van der Waals surface area contributed by atoms with Crippen molar-refractivity contribution in [1.29, 1.82) is 0 Å². The summed E-state index contributed by atoms with van der Waals surface area (Å²) in [4.78, 5) is 37.0. The molecule has 3 aromatic carbocycles. The van der Waals surface area contributed by atoms with Gasteiger partial charge in [-0.1, -0.05) is 0 Å². The van der Waals surface area contributed by atoms with Crippen LogP contribution in [0.1, 0.15) is 31.1 Å². The first kappa shape index (κ1) is 19.7. The third kappa shape index (κ3) is 5.47. The summed E-state index contributed by atoms with van der Waals surface area (Å²) in [5.41, 5.74) is 0.817. The van der Waals surface area contributed by atoms with Crippen molar-refractivity contribution in [2.45, 2.75) is 0 Å². The van der Waals surface area contributed by atoms with E-state index in [0.29, 0.717) is 0 Å². The number of rotatable bonds is 6. The molecule has 0 aliphatic rings. The summed E-state index contributed by atoms with van der Waals surface area (Å²) in [6.07, 6.45) is 0. The van der Waals surface area contributed by atoms with E-state index in [1.807, 2.05) is 0 Å². The Hall–Kier alpha value is -3.05. The van der Waals surface area contributed by atoms with Crippen molar-refractivity contribution in [3.05, 3.63) is 108 Å². The molecule has 0 amide bonds. The number of benzene rings is 3. The fourth-order valence-corrected chi connectivity index (χ4v) is 5.38. The van der Waals surface area contributed by atoms with Gasteiger partial charge in [-0.25, -0.2) is 0 Å². The molecule has 140 valence electrons. The molecule has 3 aromatic rings. The first-order chi connectivity index (χ1) is 13.6. The Morgan fingerprint density at radius 2 is 0.714 bits per heavy atom. The first-order valence-electron chi connectivity index (χ1n) is 8.25. The van der Waals surface area contributed by atoms with Crippen LogP contribution in [0.3, 0.4) is 0 Å². The monoisotopic (exact) mass is 572 g/mol. The number of hydrogen-bond acceptors (Lipinski definition) is 6. The summed E-state index contributed by atoms with van der Waals surface area (Å²) >= 11 is -4.22. The van der Waals surface area contributed by atoms with Gasteiger partial charge in [0.2, 0.25) is 0 Å². The molecule has 3 rings (SSSR count). The second-order valence-corrected chi connectivity index (χ2v) is 9.33. The van der Waals surface area contributed by atoms with Crippen LogP contribution >= 0.6 is 0 Å². The van der Waals surface area contributed by atoms with Crippen LogP contribution in [0.15, 0.2) is 91.0 Å². The Bertz CT molecular complexity index is 817. The van der Waals surface area contributed by atoms with Gasteiger partial charge in [0, 0.05) is 0 Å². The van der Waals surface area contributed by atoms with Crippen molar-refractivity contribution in [1.82, 2.24) is 0 Å². The molecule has 6 nitrogen and oxygen atoms in total. The van der Waals surface area contributed by atoms with E-state index in [2.05, 4.69) is 0 Å². The van der Waals surface area contributed by atoms with Crippen LogP contribution in [0.25, 0.3) is 0 Å². The third-order valence-corrected chi connectivity index (χ3v) is 7.17. The minimum atomic E-state index is -4.22. The van der Waals surface area contributed by atoms with Crippen LogP contribution in [0.2, 0.25) is 0 Å². The Labute approximate surface area is 171 Å². The van der Waals surface area contributed by atoms with Gasteiger partial charge in [0.25, 0.3) is 0 Å². The van der Waals surface area contributed by atoms with Crippen LogP contribution in [-0.4, -0.2) is 41.0 Å². The van der Waals surface area contributed by atoms with Crippen molar-refractivity contribution in [3.8, 4) is 0 Å². The molecule has 7 heteroatoms. The normalized spacial score (nSPS) is 10.2. The fourth-order valence-electron chi connectivity index (χ4n) is 2.14. The van der Waals surface area contributed by atoms with Gasteiger partial charge < -0.3 is 0 Å². The second kappa shape index (κ2) is 9.76. The van der Waals surface area contributed by atoms with E-state index >= 15 is 0 Å². The van der Waals surface area contributed by atoms with E-state index in [-0.39, 0.29) is 16.7 Å². The molecular weight excluding hydrogens is 557 g/mol. The molecule has 0 radical (unpaired) electrons. The molecule has 0 fully saturated rings. The molecule has 0 aliphatic carbocycles. The molecule has 0 heterocycles. The maximum atomic E-state index is 12.3. The summed E-state index contributed by atoms with van der Waals surface area (Å²) in [6, 6.07) is 24.6. The van der Waals surface area contributed by atoms with Gasteiger partial charge in [-0.05, 0) is 0 Å². The summed E-state index contributed by atoms with van der Waals surface area (Å²) in [6.45, 7) is 0. The Kier molecular flexibility index (Phi) is 6.87. The van der Waals surface area contributed by atoms with Crippen molar-refractivity contribution in [2.24, 2.45) is 0 Å². The van der Waals surface area contributed by atoms with Crippen molar-refractivity contribution < 1.29 is 22.8 Å². The Morgan fingerprint density at radius 3 is 0.964 bits per heavy atom. The van der Waals surface area contributed by atoms with Gasteiger partial charge in [0.05, 0.1) is 0 Å². The van der Waals surface area contributed by atoms with Gasteiger partial charge in [-0.2, -0.15) is 0 Å². The molecule has 0 aromatic heterocycles. The van der Waals surface area contributed by atoms with E-state index < -0.39 is 41.0 Å². The number of carbonyl (C=O) groups excluding carboxylic acids is 3. The summed E-state index contributed by atoms with van der Waals surface area (Å²) in [7, 11) is 0. The number of carbonyl (C=O) groups is 3. The predicted octanol–water partition coefficient (Wildman–Crippen LogP) is 3.54. The van der Waals surface area contributed by atoms with E-state index in [0.717, 1.165) is 0 Å². The average molecular weight is 572 g/mol. The maximum absolute atomic E-state index is 12.3. The molecule has 0 spiro atoms. The summed E-state index contributed by atoms with van der Waals surface area (Å²) < 4.78 is 15.9. The van der Waals surface area contributed by atoms with Crippen LogP contribution in [0.5, 0.6) is 0 Å². The van der Waals surface area contributed by atoms with Gasteiger partial charge in [0.15, 0.2) is 0 Å². The zero-order valence-electron chi connectivity index (χ0n) is 14.6. The van der Waals surface area contributed by atoms with Crippen molar-refractivity contribution in [2.75, 3.05) is 0 Å². The summed E-state index contributed by atoms with van der Waals surface area (Å²) in [5, 5.41) is 0. The van der Waals surface area contributed by atoms with Gasteiger partial charge in [-0.15, -0.1) is 0 Å². The van der Waals surface area contributed by atoms with Gasteiger partial charge in [0.1, 0.15) is 0 Å². The van der Waals surface area contributed by atoms with Crippen molar-refractivity contribution >= 4 is 41.0 Å². The third-order valence-electron chi connectivity index (χ3n) is 3.50. The zero-order valence-corrected chi connectivity index (χ0v) is 18.0. The molecule has 0 saturated heterocycles. The van der Waals surface area contributed by atoms with Crippen LogP contribution in [0, 0.1) is 0 Å². The molecule has 0 bridgehead atoms. The van der Waals surface area contributed by atoms with Gasteiger partial charge >= 0.3 is 171 Å². The first-order valence-corrected chi connectivity index (χ1v) is 12.5. The molecule has 0 aliphatic heterocycles. The predicted molar refractivity (Wildman–Crippen MR) is 101 cm³/mol. The van der Waals surface area contributed by atoms with Crippen LogP contribution < -0.4 is 0 Å². The molecule has 0 unspecified atom stereocenters. The van der Waals surface area contributed by atoms with Gasteiger partial charge in [-0.3, -0.25) is 0 Å². The standard InChI is InChI=1S/3C7H6O2.Bi/c3*8-7(9)6-4-2-1-3-5-6;/h3*1-5H,(H,8,9);/q;;;+3/p-3. The molecule has 0 saturated carbocycles. The molecule has 0 atom stereocenters.